The molecule has 0 aromatic heterocycles. The summed E-state index contributed by atoms with van der Waals surface area (Å²) in [5.41, 5.74) is 0.936. The minimum absolute atomic E-state index is 0.00474. The van der Waals surface area contributed by atoms with E-state index in [2.05, 4.69) is 31.9 Å². The van der Waals surface area contributed by atoms with Crippen LogP contribution < -0.4 is 0 Å². The number of rotatable bonds is 4. The number of carbonyl (C=O) groups is 1. The topological polar surface area (TPSA) is 74.7 Å². The molecular formula is C13H15Br2NO4S. The van der Waals surface area contributed by atoms with E-state index in [-0.39, 0.29) is 23.8 Å². The fourth-order valence-corrected chi connectivity index (χ4v) is 5.56. The van der Waals surface area contributed by atoms with Crippen LogP contribution in [0.5, 0.6) is 0 Å². The molecule has 2 rings (SSSR count). The summed E-state index contributed by atoms with van der Waals surface area (Å²) in [4.78, 5) is 10.9. The van der Waals surface area contributed by atoms with Crippen molar-refractivity contribution < 1.29 is 18.3 Å². The Labute approximate surface area is 140 Å². The molecule has 0 radical (unpaired) electrons. The maximum Gasteiger partial charge on any atom is 0.303 e. The number of benzene rings is 1. The Morgan fingerprint density at radius 2 is 2.05 bits per heavy atom. The summed E-state index contributed by atoms with van der Waals surface area (Å²) in [5, 5.41) is 8.81. The van der Waals surface area contributed by atoms with E-state index in [1.165, 1.54) is 4.31 Å². The minimum Gasteiger partial charge on any atom is -0.481 e. The molecule has 0 amide bonds. The highest BCUT2D eigenvalue weighted by Gasteiger charge is 2.34. The average Bonchev–Trinajstić information content (AvgIpc) is 2.81. The third-order valence-electron chi connectivity index (χ3n) is 3.54. The first kappa shape index (κ1) is 16.9. The summed E-state index contributed by atoms with van der Waals surface area (Å²) in [6, 6.07) is 3.33. The van der Waals surface area contributed by atoms with E-state index >= 15 is 0 Å². The second-order valence-electron chi connectivity index (χ2n) is 5.15. The Bertz CT molecular complexity index is 675. The van der Waals surface area contributed by atoms with Gasteiger partial charge in [-0.2, -0.15) is 4.31 Å². The van der Waals surface area contributed by atoms with E-state index in [1.807, 2.05) is 6.92 Å². The lowest BCUT2D eigenvalue weighted by molar-refractivity contribution is -0.137. The quantitative estimate of drug-likeness (QED) is 0.780. The molecule has 8 heteroatoms. The van der Waals surface area contributed by atoms with Crippen molar-refractivity contribution in [2.45, 2.75) is 24.7 Å². The molecule has 1 atom stereocenters. The van der Waals surface area contributed by atoms with Crippen molar-refractivity contribution in [1.29, 1.82) is 0 Å². The number of carboxylic acid groups (broad SMARTS) is 1. The van der Waals surface area contributed by atoms with Crippen molar-refractivity contribution >= 4 is 47.9 Å². The molecule has 21 heavy (non-hydrogen) atoms. The van der Waals surface area contributed by atoms with E-state index in [4.69, 9.17) is 5.11 Å². The van der Waals surface area contributed by atoms with Crippen LogP contribution in [0.1, 0.15) is 18.4 Å². The van der Waals surface area contributed by atoms with Gasteiger partial charge in [0.2, 0.25) is 10.0 Å². The summed E-state index contributed by atoms with van der Waals surface area (Å²) in [6.45, 7) is 2.49. The van der Waals surface area contributed by atoms with Crippen molar-refractivity contribution in [3.8, 4) is 0 Å². The molecular weight excluding hydrogens is 426 g/mol. The van der Waals surface area contributed by atoms with Gasteiger partial charge in [0.05, 0.1) is 4.90 Å². The maximum atomic E-state index is 12.7. The molecule has 5 nitrogen and oxygen atoms in total. The number of hydrogen-bond donors (Lipinski definition) is 1. The number of aryl methyl sites for hydroxylation is 1. The summed E-state index contributed by atoms with van der Waals surface area (Å²) >= 11 is 6.64. The molecule has 0 aliphatic carbocycles. The van der Waals surface area contributed by atoms with Gasteiger partial charge in [0, 0.05) is 28.5 Å². The van der Waals surface area contributed by atoms with Crippen molar-refractivity contribution in [2.75, 3.05) is 13.1 Å². The standard InChI is InChI=1S/C13H15Br2NO4S/c1-8-4-11(15)12(6-10(8)14)21(19,20)16-3-2-9(7-16)5-13(17)18/h4,6,9H,2-3,5,7H2,1H3,(H,17,18). The molecule has 1 saturated heterocycles. The van der Waals surface area contributed by atoms with Gasteiger partial charge in [0.15, 0.2) is 0 Å². The van der Waals surface area contributed by atoms with Crippen LogP contribution in [0, 0.1) is 12.8 Å². The highest BCUT2D eigenvalue weighted by molar-refractivity contribution is 9.11. The molecule has 1 unspecified atom stereocenters. The number of carboxylic acids is 1. The molecule has 1 N–H and O–H groups in total. The predicted octanol–water partition coefficient (Wildman–Crippen LogP) is 3.01. The van der Waals surface area contributed by atoms with Crippen molar-refractivity contribution in [1.82, 2.24) is 4.31 Å². The van der Waals surface area contributed by atoms with Crippen LogP contribution >= 0.6 is 31.9 Å². The maximum absolute atomic E-state index is 12.7. The van der Waals surface area contributed by atoms with Crippen LogP contribution in [0.15, 0.2) is 26.0 Å². The van der Waals surface area contributed by atoms with E-state index in [9.17, 15) is 13.2 Å². The van der Waals surface area contributed by atoms with Crippen LogP contribution in [-0.4, -0.2) is 36.9 Å². The Morgan fingerprint density at radius 3 is 2.67 bits per heavy atom. The summed E-state index contributed by atoms with van der Waals surface area (Å²) in [5.74, 6) is -1.01. The van der Waals surface area contributed by atoms with Crippen molar-refractivity contribution in [3.63, 3.8) is 0 Å². The number of hydrogen-bond acceptors (Lipinski definition) is 3. The van der Waals surface area contributed by atoms with Gasteiger partial charge in [-0.3, -0.25) is 4.79 Å². The monoisotopic (exact) mass is 439 g/mol. The highest BCUT2D eigenvalue weighted by atomic mass is 79.9. The molecule has 0 bridgehead atoms. The molecule has 1 fully saturated rings. The molecule has 0 saturated carbocycles. The van der Waals surface area contributed by atoms with E-state index in [0.717, 1.165) is 10.0 Å². The lowest BCUT2D eigenvalue weighted by atomic mass is 10.1. The van der Waals surface area contributed by atoms with Gasteiger partial charge in [-0.15, -0.1) is 0 Å². The Kier molecular flexibility index (Phi) is 5.12. The third kappa shape index (κ3) is 3.67. The largest absolute Gasteiger partial charge is 0.481 e. The summed E-state index contributed by atoms with van der Waals surface area (Å²) < 4.78 is 28.0. The van der Waals surface area contributed by atoms with Gasteiger partial charge in [-0.05, 0) is 52.9 Å². The Morgan fingerprint density at radius 1 is 1.38 bits per heavy atom. The van der Waals surface area contributed by atoms with Crippen molar-refractivity contribution in [2.24, 2.45) is 5.92 Å². The van der Waals surface area contributed by atoms with E-state index < -0.39 is 16.0 Å². The zero-order valence-corrected chi connectivity index (χ0v) is 15.3. The summed E-state index contributed by atoms with van der Waals surface area (Å²) in [7, 11) is -3.61. The lowest BCUT2D eigenvalue weighted by Crippen LogP contribution is -2.29. The first-order chi connectivity index (χ1) is 9.71. The first-order valence-corrected chi connectivity index (χ1v) is 9.42. The Hall–Kier alpha value is -0.440. The normalized spacial score (nSPS) is 19.9. The molecule has 0 spiro atoms. The third-order valence-corrected chi connectivity index (χ3v) is 7.22. The predicted molar refractivity (Wildman–Crippen MR) is 85.7 cm³/mol. The molecule has 1 aliphatic rings. The summed E-state index contributed by atoms with van der Waals surface area (Å²) in [6.07, 6.45) is 0.584. The second-order valence-corrected chi connectivity index (χ2v) is 8.76. The van der Waals surface area contributed by atoms with Crippen LogP contribution in [0.25, 0.3) is 0 Å². The SMILES string of the molecule is Cc1cc(Br)c(S(=O)(=O)N2CCC(CC(=O)O)C2)cc1Br. The van der Waals surface area contributed by atoms with Crippen LogP contribution in [0.4, 0.5) is 0 Å². The minimum atomic E-state index is -3.61. The van der Waals surface area contributed by atoms with Gasteiger partial charge in [-0.25, -0.2) is 8.42 Å². The number of sulfonamides is 1. The van der Waals surface area contributed by atoms with Crippen LogP contribution in [0.2, 0.25) is 0 Å². The molecule has 1 aromatic rings. The van der Waals surface area contributed by atoms with Gasteiger partial charge in [0.1, 0.15) is 0 Å². The first-order valence-electron chi connectivity index (χ1n) is 6.39. The lowest BCUT2D eigenvalue weighted by Gasteiger charge is -2.18. The number of nitrogens with zero attached hydrogens (tertiary/aromatic N) is 1. The smallest absolute Gasteiger partial charge is 0.303 e. The number of aliphatic carboxylic acids is 1. The fourth-order valence-electron chi connectivity index (χ4n) is 2.39. The molecule has 1 heterocycles. The van der Waals surface area contributed by atoms with Gasteiger partial charge >= 0.3 is 5.97 Å². The molecule has 1 aliphatic heterocycles. The number of halogens is 2. The van der Waals surface area contributed by atoms with Crippen molar-refractivity contribution in [3.05, 3.63) is 26.6 Å². The van der Waals surface area contributed by atoms with Gasteiger partial charge in [0.25, 0.3) is 0 Å². The van der Waals surface area contributed by atoms with Gasteiger partial charge < -0.3 is 5.11 Å². The molecule has 1 aromatic carbocycles. The zero-order chi connectivity index (χ0) is 15.8. The zero-order valence-electron chi connectivity index (χ0n) is 11.3. The van der Waals surface area contributed by atoms with E-state index in [1.54, 1.807) is 12.1 Å². The fraction of sp³-hybridized carbons (Fsp3) is 0.462. The average molecular weight is 441 g/mol. The highest BCUT2D eigenvalue weighted by Crippen LogP contribution is 2.33. The van der Waals surface area contributed by atoms with Crippen LogP contribution in [0.3, 0.4) is 0 Å². The Balaban J connectivity index is 2.28. The van der Waals surface area contributed by atoms with Crippen LogP contribution in [-0.2, 0) is 14.8 Å². The molecule has 116 valence electrons. The van der Waals surface area contributed by atoms with E-state index in [0.29, 0.717) is 17.4 Å². The van der Waals surface area contributed by atoms with Gasteiger partial charge in [-0.1, -0.05) is 15.9 Å². The second kappa shape index (κ2) is 6.36.